The number of fused-ring (bicyclic) bond motifs is 3. The Morgan fingerprint density at radius 2 is 2.29 bits per heavy atom. The van der Waals surface area contributed by atoms with Crippen molar-refractivity contribution in [3.05, 3.63) is 0 Å². The Labute approximate surface area is 84.9 Å². The molecule has 14 heavy (non-hydrogen) atoms. The molecule has 0 bridgehead atoms. The average molecular weight is 214 g/mol. The van der Waals surface area contributed by atoms with E-state index in [1.165, 1.54) is 0 Å². The zero-order valence-corrected chi connectivity index (χ0v) is 8.20. The van der Waals surface area contributed by atoms with E-state index in [0.717, 1.165) is 5.75 Å². The second-order valence-corrected chi connectivity index (χ2v) is 4.98. The molecule has 3 heterocycles. The Hall–Kier alpha value is -0.750. The van der Waals surface area contributed by atoms with Crippen LogP contribution >= 0.6 is 11.8 Å². The van der Waals surface area contributed by atoms with E-state index in [9.17, 15) is 9.59 Å². The van der Waals surface area contributed by atoms with Gasteiger partial charge in [-0.1, -0.05) is 0 Å². The molecule has 3 rings (SSSR count). The molecule has 0 aromatic rings. The minimum absolute atomic E-state index is 0.00519. The van der Waals surface area contributed by atoms with E-state index in [4.69, 9.17) is 10.5 Å². The van der Waals surface area contributed by atoms with Crippen molar-refractivity contribution in [3.8, 4) is 0 Å². The van der Waals surface area contributed by atoms with Crippen molar-refractivity contribution in [3.63, 3.8) is 0 Å². The SMILES string of the molecule is N[C@@H]1C(=O)N2C3C(=O)OCC3CS[C@H]12. The smallest absolute Gasteiger partial charge is 0.329 e. The lowest BCUT2D eigenvalue weighted by Gasteiger charge is -2.51. The number of amides is 1. The van der Waals surface area contributed by atoms with Gasteiger partial charge in [0.05, 0.1) is 6.61 Å². The molecule has 0 aromatic heterocycles. The standard InChI is InChI=1S/C8H10N2O3S/c9-4-6(11)10-5-3(1-13-8(5)12)2-14-7(4)10/h3-5,7H,1-2,9H2/t3?,4-,5?,7-/m1/s1. The molecule has 3 fully saturated rings. The average Bonchev–Trinajstić information content (AvgIpc) is 2.57. The Morgan fingerprint density at radius 3 is 3.07 bits per heavy atom. The van der Waals surface area contributed by atoms with E-state index in [2.05, 4.69) is 0 Å². The minimum atomic E-state index is -0.422. The third-order valence-electron chi connectivity index (χ3n) is 3.03. The van der Waals surface area contributed by atoms with E-state index in [1.54, 1.807) is 16.7 Å². The van der Waals surface area contributed by atoms with E-state index >= 15 is 0 Å². The largest absolute Gasteiger partial charge is 0.464 e. The van der Waals surface area contributed by atoms with Gasteiger partial charge in [-0.15, -0.1) is 11.8 Å². The lowest BCUT2D eigenvalue weighted by molar-refractivity contribution is -0.158. The number of carbonyl (C=O) groups is 2. The number of nitrogens with zero attached hydrogens (tertiary/aromatic N) is 1. The molecule has 3 aliphatic rings. The van der Waals surface area contributed by atoms with Gasteiger partial charge in [0.15, 0.2) is 0 Å². The molecule has 1 amide bonds. The number of carbonyl (C=O) groups excluding carboxylic acids is 2. The van der Waals surface area contributed by atoms with Gasteiger partial charge in [0.1, 0.15) is 17.5 Å². The van der Waals surface area contributed by atoms with E-state index in [-0.39, 0.29) is 29.2 Å². The summed E-state index contributed by atoms with van der Waals surface area (Å²) in [6, 6.07) is -0.775. The van der Waals surface area contributed by atoms with Gasteiger partial charge in [-0.05, 0) is 0 Å². The number of β-lactam (4-membered cyclic amide) rings is 1. The Bertz CT molecular complexity index is 322. The summed E-state index contributed by atoms with van der Waals surface area (Å²) in [5, 5.41) is -0.00519. The van der Waals surface area contributed by atoms with Crippen LogP contribution in [0.1, 0.15) is 0 Å². The van der Waals surface area contributed by atoms with Crippen LogP contribution in [0.3, 0.4) is 0 Å². The van der Waals surface area contributed by atoms with Gasteiger partial charge in [0, 0.05) is 11.7 Å². The van der Waals surface area contributed by atoms with E-state index in [0.29, 0.717) is 6.61 Å². The van der Waals surface area contributed by atoms with Crippen LogP contribution in [-0.4, -0.2) is 46.6 Å². The molecule has 0 aromatic carbocycles. The Morgan fingerprint density at radius 1 is 1.50 bits per heavy atom. The summed E-state index contributed by atoms with van der Waals surface area (Å²) in [6.45, 7) is 0.447. The number of rotatable bonds is 0. The third kappa shape index (κ3) is 0.852. The van der Waals surface area contributed by atoms with Crippen molar-refractivity contribution in [1.29, 1.82) is 0 Å². The van der Waals surface area contributed by atoms with Gasteiger partial charge in [-0.2, -0.15) is 0 Å². The van der Waals surface area contributed by atoms with Crippen LogP contribution in [0.25, 0.3) is 0 Å². The van der Waals surface area contributed by atoms with Crippen LogP contribution in [0.15, 0.2) is 0 Å². The van der Waals surface area contributed by atoms with Gasteiger partial charge in [0.25, 0.3) is 0 Å². The van der Waals surface area contributed by atoms with Crippen LogP contribution < -0.4 is 5.73 Å². The van der Waals surface area contributed by atoms with Crippen LogP contribution in [0.4, 0.5) is 0 Å². The molecule has 3 saturated heterocycles. The zero-order chi connectivity index (χ0) is 9.87. The molecule has 5 nitrogen and oxygen atoms in total. The lowest BCUT2D eigenvalue weighted by atomic mass is 9.96. The number of ether oxygens (including phenoxy) is 1. The summed E-state index contributed by atoms with van der Waals surface area (Å²) in [7, 11) is 0. The van der Waals surface area contributed by atoms with Crippen molar-refractivity contribution in [1.82, 2.24) is 4.90 Å². The molecule has 0 spiro atoms. The van der Waals surface area contributed by atoms with Crippen molar-refractivity contribution in [2.24, 2.45) is 11.7 Å². The molecule has 2 unspecified atom stereocenters. The fourth-order valence-corrected chi connectivity index (χ4v) is 3.69. The third-order valence-corrected chi connectivity index (χ3v) is 4.51. The fourth-order valence-electron chi connectivity index (χ4n) is 2.25. The van der Waals surface area contributed by atoms with Gasteiger partial charge in [-0.25, -0.2) is 4.79 Å². The first kappa shape index (κ1) is 8.55. The first-order chi connectivity index (χ1) is 6.70. The van der Waals surface area contributed by atoms with Gasteiger partial charge < -0.3 is 15.4 Å². The van der Waals surface area contributed by atoms with Crippen LogP contribution in [0.2, 0.25) is 0 Å². The normalized spacial score (nSPS) is 45.4. The molecular formula is C8H10N2O3S. The number of thioether (sulfide) groups is 1. The maximum Gasteiger partial charge on any atom is 0.329 e. The summed E-state index contributed by atoms with van der Waals surface area (Å²) in [4.78, 5) is 24.4. The molecule has 0 saturated carbocycles. The number of cyclic esters (lactones) is 1. The summed E-state index contributed by atoms with van der Waals surface area (Å²) in [6.07, 6.45) is 0. The Balaban J connectivity index is 1.90. The zero-order valence-electron chi connectivity index (χ0n) is 7.38. The molecule has 0 aliphatic carbocycles. The monoisotopic (exact) mass is 214 g/mol. The lowest BCUT2D eigenvalue weighted by Crippen LogP contribution is -2.73. The highest BCUT2D eigenvalue weighted by molar-refractivity contribution is 8.00. The first-order valence-electron chi connectivity index (χ1n) is 4.56. The summed E-state index contributed by atoms with van der Waals surface area (Å²) in [5.74, 6) is 0.648. The first-order valence-corrected chi connectivity index (χ1v) is 5.61. The number of hydrogen-bond acceptors (Lipinski definition) is 5. The second kappa shape index (κ2) is 2.64. The second-order valence-electron chi connectivity index (χ2n) is 3.83. The molecule has 3 aliphatic heterocycles. The highest BCUT2D eigenvalue weighted by Gasteiger charge is 2.58. The van der Waals surface area contributed by atoms with Crippen molar-refractivity contribution >= 4 is 23.6 Å². The molecule has 2 N–H and O–H groups in total. The minimum Gasteiger partial charge on any atom is -0.464 e. The molecule has 0 radical (unpaired) electrons. The summed E-state index contributed by atoms with van der Waals surface area (Å²) >= 11 is 1.65. The van der Waals surface area contributed by atoms with Gasteiger partial charge in [0.2, 0.25) is 5.91 Å². The van der Waals surface area contributed by atoms with Crippen LogP contribution in [0.5, 0.6) is 0 Å². The van der Waals surface area contributed by atoms with Crippen molar-refractivity contribution in [2.75, 3.05) is 12.4 Å². The van der Waals surface area contributed by atoms with Crippen molar-refractivity contribution in [2.45, 2.75) is 17.5 Å². The van der Waals surface area contributed by atoms with E-state index in [1.807, 2.05) is 0 Å². The topological polar surface area (TPSA) is 72.6 Å². The quantitative estimate of drug-likeness (QED) is 0.404. The number of esters is 1. The number of hydrogen-bond donors (Lipinski definition) is 1. The van der Waals surface area contributed by atoms with Crippen LogP contribution in [-0.2, 0) is 14.3 Å². The molecule has 6 heteroatoms. The van der Waals surface area contributed by atoms with E-state index < -0.39 is 6.04 Å². The Kier molecular flexibility index (Phi) is 1.61. The molecule has 4 atom stereocenters. The maximum atomic E-state index is 11.5. The molecular weight excluding hydrogens is 204 g/mol. The maximum absolute atomic E-state index is 11.5. The predicted octanol–water partition coefficient (Wildman–Crippen LogP) is -1.23. The highest BCUT2D eigenvalue weighted by atomic mass is 32.2. The summed E-state index contributed by atoms with van der Waals surface area (Å²) in [5.41, 5.74) is 5.64. The number of nitrogens with two attached hydrogens (primary N) is 1. The molecule has 76 valence electrons. The van der Waals surface area contributed by atoms with Gasteiger partial charge in [-0.3, -0.25) is 4.79 Å². The predicted molar refractivity (Wildman–Crippen MR) is 49.3 cm³/mol. The summed E-state index contributed by atoms with van der Waals surface area (Å²) < 4.78 is 4.95. The highest BCUT2D eigenvalue weighted by Crippen LogP contribution is 2.42. The van der Waals surface area contributed by atoms with Crippen molar-refractivity contribution < 1.29 is 14.3 Å². The van der Waals surface area contributed by atoms with Crippen LogP contribution in [0, 0.1) is 5.92 Å². The fraction of sp³-hybridized carbons (Fsp3) is 0.750. The van der Waals surface area contributed by atoms with Gasteiger partial charge >= 0.3 is 5.97 Å².